The first-order chi connectivity index (χ1) is 8.16. The molecule has 0 aliphatic carbocycles. The van der Waals surface area contributed by atoms with Gasteiger partial charge in [0.2, 0.25) is 11.8 Å². The second kappa shape index (κ2) is 5.14. The SMILES string of the molecule is O=C(CN1CCCC1=O)Nc1cnccc1Cl. The fraction of sp³-hybridized carbons (Fsp3) is 0.364. The van der Waals surface area contributed by atoms with Gasteiger partial charge in [0.25, 0.3) is 0 Å². The van der Waals surface area contributed by atoms with Gasteiger partial charge in [0, 0.05) is 19.2 Å². The quantitative estimate of drug-likeness (QED) is 0.883. The van der Waals surface area contributed by atoms with Gasteiger partial charge in [-0.25, -0.2) is 0 Å². The Morgan fingerprint density at radius 2 is 2.41 bits per heavy atom. The minimum absolute atomic E-state index is 0.0254. The molecule has 1 aliphatic rings. The van der Waals surface area contributed by atoms with Gasteiger partial charge in [0.15, 0.2) is 0 Å². The number of nitrogens with zero attached hydrogens (tertiary/aromatic N) is 2. The fourth-order valence-electron chi connectivity index (χ4n) is 1.70. The number of halogens is 1. The van der Waals surface area contributed by atoms with Crippen LogP contribution in [0.3, 0.4) is 0 Å². The fourth-order valence-corrected chi connectivity index (χ4v) is 1.86. The van der Waals surface area contributed by atoms with Gasteiger partial charge in [-0.3, -0.25) is 14.6 Å². The summed E-state index contributed by atoms with van der Waals surface area (Å²) in [5, 5.41) is 3.06. The first kappa shape index (κ1) is 11.9. The highest BCUT2D eigenvalue weighted by Gasteiger charge is 2.22. The largest absolute Gasteiger partial charge is 0.333 e. The van der Waals surface area contributed by atoms with E-state index in [9.17, 15) is 9.59 Å². The van der Waals surface area contributed by atoms with Crippen LogP contribution < -0.4 is 5.32 Å². The number of hydrogen-bond donors (Lipinski definition) is 1. The molecule has 17 heavy (non-hydrogen) atoms. The third-order valence-electron chi connectivity index (χ3n) is 2.55. The summed E-state index contributed by atoms with van der Waals surface area (Å²) in [4.78, 5) is 28.4. The summed E-state index contributed by atoms with van der Waals surface area (Å²) >= 11 is 5.88. The normalized spacial score (nSPS) is 15.1. The van der Waals surface area contributed by atoms with Gasteiger partial charge >= 0.3 is 0 Å². The molecule has 1 N–H and O–H groups in total. The van der Waals surface area contributed by atoms with Gasteiger partial charge < -0.3 is 10.2 Å². The highest BCUT2D eigenvalue weighted by Crippen LogP contribution is 2.19. The zero-order chi connectivity index (χ0) is 12.3. The Morgan fingerprint density at radius 1 is 1.59 bits per heavy atom. The molecule has 0 bridgehead atoms. The summed E-state index contributed by atoms with van der Waals surface area (Å²) in [7, 11) is 0. The number of rotatable bonds is 3. The van der Waals surface area contributed by atoms with Crippen LogP contribution in [-0.4, -0.2) is 34.8 Å². The molecular formula is C11H12ClN3O2. The number of hydrogen-bond acceptors (Lipinski definition) is 3. The van der Waals surface area contributed by atoms with Crippen molar-refractivity contribution in [1.29, 1.82) is 0 Å². The predicted molar refractivity (Wildman–Crippen MR) is 63.7 cm³/mol. The standard InChI is InChI=1S/C11H12ClN3O2/c12-8-3-4-13-6-9(8)14-10(16)7-15-5-1-2-11(15)17/h3-4,6H,1-2,5,7H2,(H,14,16). The number of carbonyl (C=O) groups excluding carboxylic acids is 2. The molecule has 2 rings (SSSR count). The molecule has 0 aromatic carbocycles. The monoisotopic (exact) mass is 253 g/mol. The Bertz CT molecular complexity index is 450. The Labute approximate surface area is 104 Å². The third-order valence-corrected chi connectivity index (χ3v) is 2.88. The van der Waals surface area contributed by atoms with E-state index in [1.807, 2.05) is 0 Å². The maximum atomic E-state index is 11.7. The van der Waals surface area contributed by atoms with Gasteiger partial charge in [-0.05, 0) is 12.5 Å². The second-order valence-electron chi connectivity index (χ2n) is 3.82. The number of likely N-dealkylation sites (tertiary alicyclic amines) is 1. The van der Waals surface area contributed by atoms with Crippen LogP contribution in [0, 0.1) is 0 Å². The predicted octanol–water partition coefficient (Wildman–Crippen LogP) is 1.30. The number of aromatic nitrogens is 1. The van der Waals surface area contributed by atoms with Crippen molar-refractivity contribution in [2.24, 2.45) is 0 Å². The Kier molecular flexibility index (Phi) is 3.58. The molecule has 5 nitrogen and oxygen atoms in total. The van der Waals surface area contributed by atoms with Crippen molar-refractivity contribution in [2.75, 3.05) is 18.4 Å². The van der Waals surface area contributed by atoms with Crippen LogP contribution in [0.1, 0.15) is 12.8 Å². The maximum absolute atomic E-state index is 11.7. The summed E-state index contributed by atoms with van der Waals surface area (Å²) in [5.74, 6) is -0.229. The molecule has 6 heteroatoms. The summed E-state index contributed by atoms with van der Waals surface area (Å²) in [5.41, 5.74) is 0.464. The lowest BCUT2D eigenvalue weighted by Gasteiger charge is -2.15. The van der Waals surface area contributed by atoms with E-state index >= 15 is 0 Å². The lowest BCUT2D eigenvalue weighted by molar-refractivity contribution is -0.131. The smallest absolute Gasteiger partial charge is 0.244 e. The topological polar surface area (TPSA) is 62.3 Å². The van der Waals surface area contributed by atoms with Crippen molar-refractivity contribution < 1.29 is 9.59 Å². The average molecular weight is 254 g/mol. The molecule has 0 radical (unpaired) electrons. The zero-order valence-corrected chi connectivity index (χ0v) is 9.91. The van der Waals surface area contributed by atoms with E-state index in [-0.39, 0.29) is 18.4 Å². The summed E-state index contributed by atoms with van der Waals surface area (Å²) in [6, 6.07) is 1.60. The number of pyridine rings is 1. The van der Waals surface area contributed by atoms with E-state index in [0.29, 0.717) is 23.7 Å². The molecule has 0 atom stereocenters. The van der Waals surface area contributed by atoms with Crippen LogP contribution in [0.25, 0.3) is 0 Å². The highest BCUT2D eigenvalue weighted by molar-refractivity contribution is 6.33. The minimum Gasteiger partial charge on any atom is -0.333 e. The van der Waals surface area contributed by atoms with Gasteiger partial charge in [-0.2, -0.15) is 0 Å². The Hall–Kier alpha value is -1.62. The molecule has 0 saturated carbocycles. The summed E-state index contributed by atoms with van der Waals surface area (Å²) in [6.07, 6.45) is 4.37. The molecule has 1 aromatic heterocycles. The van der Waals surface area contributed by atoms with Crippen molar-refractivity contribution in [1.82, 2.24) is 9.88 Å². The van der Waals surface area contributed by atoms with Crippen LogP contribution in [0.15, 0.2) is 18.5 Å². The van der Waals surface area contributed by atoms with Crippen molar-refractivity contribution in [3.05, 3.63) is 23.5 Å². The van der Waals surface area contributed by atoms with Crippen molar-refractivity contribution in [2.45, 2.75) is 12.8 Å². The molecule has 0 spiro atoms. The van der Waals surface area contributed by atoms with Crippen molar-refractivity contribution in [3.8, 4) is 0 Å². The lowest BCUT2D eigenvalue weighted by Crippen LogP contribution is -2.34. The summed E-state index contributed by atoms with van der Waals surface area (Å²) in [6.45, 7) is 0.719. The zero-order valence-electron chi connectivity index (χ0n) is 9.15. The highest BCUT2D eigenvalue weighted by atomic mass is 35.5. The first-order valence-electron chi connectivity index (χ1n) is 5.34. The van der Waals surface area contributed by atoms with Gasteiger partial charge in [-0.15, -0.1) is 0 Å². The third kappa shape index (κ3) is 2.94. The minimum atomic E-state index is -0.254. The first-order valence-corrected chi connectivity index (χ1v) is 5.72. The van der Waals surface area contributed by atoms with Crippen LogP contribution in [0.5, 0.6) is 0 Å². The van der Waals surface area contributed by atoms with Gasteiger partial charge in [-0.1, -0.05) is 11.6 Å². The molecule has 2 heterocycles. The average Bonchev–Trinajstić information content (AvgIpc) is 2.68. The Balaban J connectivity index is 1.93. The van der Waals surface area contributed by atoms with Crippen LogP contribution in [-0.2, 0) is 9.59 Å². The van der Waals surface area contributed by atoms with Crippen molar-refractivity contribution >= 4 is 29.1 Å². The van der Waals surface area contributed by atoms with E-state index in [1.165, 1.54) is 6.20 Å². The number of carbonyl (C=O) groups is 2. The van der Waals surface area contributed by atoms with E-state index < -0.39 is 0 Å². The van der Waals surface area contributed by atoms with E-state index in [2.05, 4.69) is 10.3 Å². The van der Waals surface area contributed by atoms with Crippen LogP contribution in [0.2, 0.25) is 5.02 Å². The molecule has 1 fully saturated rings. The second-order valence-corrected chi connectivity index (χ2v) is 4.23. The van der Waals surface area contributed by atoms with E-state index in [4.69, 9.17) is 11.6 Å². The number of amides is 2. The molecule has 90 valence electrons. The van der Waals surface area contributed by atoms with Crippen LogP contribution in [0.4, 0.5) is 5.69 Å². The molecule has 1 aliphatic heterocycles. The lowest BCUT2D eigenvalue weighted by atomic mass is 10.4. The molecule has 2 amide bonds. The van der Waals surface area contributed by atoms with Crippen molar-refractivity contribution in [3.63, 3.8) is 0 Å². The molecule has 1 aromatic rings. The number of nitrogens with one attached hydrogen (secondary N) is 1. The van der Waals surface area contributed by atoms with Crippen LogP contribution >= 0.6 is 11.6 Å². The Morgan fingerprint density at radius 3 is 3.06 bits per heavy atom. The molecule has 0 unspecified atom stereocenters. The number of anilines is 1. The van der Waals surface area contributed by atoms with E-state index in [1.54, 1.807) is 17.2 Å². The van der Waals surface area contributed by atoms with Gasteiger partial charge in [0.1, 0.15) is 0 Å². The maximum Gasteiger partial charge on any atom is 0.244 e. The van der Waals surface area contributed by atoms with Gasteiger partial charge in [0.05, 0.1) is 23.5 Å². The molecule has 1 saturated heterocycles. The molecular weight excluding hydrogens is 242 g/mol. The van der Waals surface area contributed by atoms with E-state index in [0.717, 1.165) is 6.42 Å². The summed E-state index contributed by atoms with van der Waals surface area (Å²) < 4.78 is 0.